The predicted molar refractivity (Wildman–Crippen MR) is 67.4 cm³/mol. The zero-order valence-electron chi connectivity index (χ0n) is 12.2. The average molecular weight is 242 g/mol. The van der Waals surface area contributed by atoms with E-state index in [2.05, 4.69) is 20.8 Å². The van der Waals surface area contributed by atoms with Gasteiger partial charge in [0, 0.05) is 5.41 Å². The van der Waals surface area contributed by atoms with E-state index in [0.717, 1.165) is 6.42 Å². The Balaban J connectivity index is 2.96. The molecule has 0 aromatic carbocycles. The standard InChI is InChI=1S/C14H26O3/c1-8-9-10(13(2,3)4)16-12(14(5,6)7)17-11(9)15/h9-10,12H,8H2,1-7H3. The van der Waals surface area contributed by atoms with Gasteiger partial charge in [0.2, 0.25) is 6.29 Å². The molecule has 0 spiro atoms. The maximum absolute atomic E-state index is 12.0. The van der Waals surface area contributed by atoms with Crippen molar-refractivity contribution < 1.29 is 14.3 Å². The zero-order chi connectivity index (χ0) is 13.4. The largest absolute Gasteiger partial charge is 0.435 e. The molecule has 0 aromatic heterocycles. The second-order valence-electron chi connectivity index (χ2n) is 7.07. The van der Waals surface area contributed by atoms with Gasteiger partial charge in [-0.15, -0.1) is 0 Å². The summed E-state index contributed by atoms with van der Waals surface area (Å²) < 4.78 is 11.5. The molecule has 3 atom stereocenters. The molecule has 100 valence electrons. The molecule has 1 aliphatic rings. The fraction of sp³-hybridized carbons (Fsp3) is 0.929. The van der Waals surface area contributed by atoms with Crippen molar-refractivity contribution in [2.24, 2.45) is 16.7 Å². The summed E-state index contributed by atoms with van der Waals surface area (Å²) in [6, 6.07) is 0. The van der Waals surface area contributed by atoms with E-state index in [1.165, 1.54) is 0 Å². The summed E-state index contributed by atoms with van der Waals surface area (Å²) in [4.78, 5) is 12.0. The number of hydrogen-bond donors (Lipinski definition) is 0. The molecule has 17 heavy (non-hydrogen) atoms. The van der Waals surface area contributed by atoms with E-state index in [-0.39, 0.29) is 28.8 Å². The predicted octanol–water partition coefficient (Wildman–Crippen LogP) is 3.37. The maximum Gasteiger partial charge on any atom is 0.313 e. The first-order valence-electron chi connectivity index (χ1n) is 6.43. The minimum Gasteiger partial charge on any atom is -0.435 e. The van der Waals surface area contributed by atoms with Crippen molar-refractivity contribution in [3.63, 3.8) is 0 Å². The van der Waals surface area contributed by atoms with Gasteiger partial charge in [-0.3, -0.25) is 4.79 Å². The van der Waals surface area contributed by atoms with Crippen LogP contribution in [0.3, 0.4) is 0 Å². The van der Waals surface area contributed by atoms with Gasteiger partial charge in [0.05, 0.1) is 12.0 Å². The molecule has 0 aromatic rings. The van der Waals surface area contributed by atoms with Crippen LogP contribution in [0, 0.1) is 16.7 Å². The Bertz CT molecular complexity index is 283. The first-order chi connectivity index (χ1) is 7.57. The van der Waals surface area contributed by atoms with E-state index < -0.39 is 6.29 Å². The van der Waals surface area contributed by atoms with Crippen LogP contribution in [0.4, 0.5) is 0 Å². The van der Waals surface area contributed by atoms with Gasteiger partial charge >= 0.3 is 5.97 Å². The van der Waals surface area contributed by atoms with Gasteiger partial charge in [-0.05, 0) is 11.8 Å². The van der Waals surface area contributed by atoms with Gasteiger partial charge in [0.1, 0.15) is 0 Å². The Morgan fingerprint density at radius 3 is 1.94 bits per heavy atom. The fourth-order valence-corrected chi connectivity index (χ4v) is 2.14. The third-order valence-electron chi connectivity index (χ3n) is 3.16. The third-order valence-corrected chi connectivity index (χ3v) is 3.16. The lowest BCUT2D eigenvalue weighted by atomic mass is 9.79. The van der Waals surface area contributed by atoms with Gasteiger partial charge in [0.15, 0.2) is 0 Å². The Morgan fingerprint density at radius 2 is 1.59 bits per heavy atom. The van der Waals surface area contributed by atoms with Crippen molar-refractivity contribution in [2.45, 2.75) is 67.3 Å². The van der Waals surface area contributed by atoms with Gasteiger partial charge in [-0.2, -0.15) is 0 Å². The summed E-state index contributed by atoms with van der Waals surface area (Å²) in [7, 11) is 0. The van der Waals surface area contributed by atoms with Gasteiger partial charge in [-0.1, -0.05) is 48.5 Å². The van der Waals surface area contributed by atoms with Crippen molar-refractivity contribution in [1.82, 2.24) is 0 Å². The number of carbonyl (C=O) groups is 1. The van der Waals surface area contributed by atoms with Crippen LogP contribution in [-0.4, -0.2) is 18.4 Å². The second-order valence-corrected chi connectivity index (χ2v) is 7.07. The molecule has 1 saturated heterocycles. The molecule has 0 radical (unpaired) electrons. The van der Waals surface area contributed by atoms with Crippen molar-refractivity contribution in [3.8, 4) is 0 Å². The van der Waals surface area contributed by atoms with E-state index in [0.29, 0.717) is 0 Å². The highest BCUT2D eigenvalue weighted by molar-refractivity contribution is 5.74. The molecule has 0 saturated carbocycles. The van der Waals surface area contributed by atoms with Crippen LogP contribution in [0.15, 0.2) is 0 Å². The van der Waals surface area contributed by atoms with E-state index in [4.69, 9.17) is 9.47 Å². The molecule has 0 bridgehead atoms. The van der Waals surface area contributed by atoms with Crippen LogP contribution in [0.25, 0.3) is 0 Å². The molecule has 3 heteroatoms. The van der Waals surface area contributed by atoms with Crippen LogP contribution in [-0.2, 0) is 14.3 Å². The van der Waals surface area contributed by atoms with Crippen molar-refractivity contribution in [3.05, 3.63) is 0 Å². The summed E-state index contributed by atoms with van der Waals surface area (Å²) in [5.41, 5.74) is -0.235. The SMILES string of the molecule is CCC1C(=O)OC(C(C)(C)C)OC1C(C)(C)C. The first-order valence-corrected chi connectivity index (χ1v) is 6.43. The van der Waals surface area contributed by atoms with Crippen LogP contribution in [0.2, 0.25) is 0 Å². The lowest BCUT2D eigenvalue weighted by molar-refractivity contribution is -0.272. The summed E-state index contributed by atoms with van der Waals surface area (Å²) >= 11 is 0. The monoisotopic (exact) mass is 242 g/mol. The average Bonchev–Trinajstić information content (AvgIpc) is 2.13. The Morgan fingerprint density at radius 1 is 1.06 bits per heavy atom. The Labute approximate surface area is 105 Å². The molecule has 3 nitrogen and oxygen atoms in total. The van der Waals surface area contributed by atoms with E-state index in [9.17, 15) is 4.79 Å². The number of cyclic esters (lactones) is 1. The van der Waals surface area contributed by atoms with Crippen LogP contribution in [0.1, 0.15) is 54.9 Å². The number of ether oxygens (including phenoxy) is 2. The molecular weight excluding hydrogens is 216 g/mol. The van der Waals surface area contributed by atoms with Crippen molar-refractivity contribution >= 4 is 5.97 Å². The molecule has 1 fully saturated rings. The van der Waals surface area contributed by atoms with Crippen molar-refractivity contribution in [1.29, 1.82) is 0 Å². The van der Waals surface area contributed by atoms with Gasteiger partial charge in [0.25, 0.3) is 0 Å². The number of rotatable bonds is 1. The van der Waals surface area contributed by atoms with Gasteiger partial charge in [-0.25, -0.2) is 0 Å². The van der Waals surface area contributed by atoms with Gasteiger partial charge < -0.3 is 9.47 Å². The molecule has 3 unspecified atom stereocenters. The van der Waals surface area contributed by atoms with Crippen molar-refractivity contribution in [2.75, 3.05) is 0 Å². The number of hydrogen-bond acceptors (Lipinski definition) is 3. The van der Waals surface area contributed by atoms with Crippen LogP contribution >= 0.6 is 0 Å². The smallest absolute Gasteiger partial charge is 0.313 e. The quantitative estimate of drug-likeness (QED) is 0.661. The molecule has 1 rings (SSSR count). The lowest BCUT2D eigenvalue weighted by Crippen LogP contribution is -2.52. The highest BCUT2D eigenvalue weighted by Crippen LogP contribution is 2.39. The first kappa shape index (κ1) is 14.5. The normalized spacial score (nSPS) is 31.2. The van der Waals surface area contributed by atoms with Crippen LogP contribution in [0.5, 0.6) is 0 Å². The molecule has 1 heterocycles. The molecule has 0 aliphatic carbocycles. The molecule has 0 N–H and O–H groups in total. The van der Waals surface area contributed by atoms with E-state index in [1.807, 2.05) is 27.7 Å². The maximum atomic E-state index is 12.0. The fourth-order valence-electron chi connectivity index (χ4n) is 2.14. The summed E-state index contributed by atoms with van der Waals surface area (Å²) in [6.45, 7) is 14.4. The molecular formula is C14H26O3. The minimum absolute atomic E-state index is 0.0520. The topological polar surface area (TPSA) is 35.5 Å². The zero-order valence-corrected chi connectivity index (χ0v) is 12.2. The number of esters is 1. The van der Waals surface area contributed by atoms with E-state index >= 15 is 0 Å². The number of carbonyl (C=O) groups excluding carboxylic acids is 1. The summed E-state index contributed by atoms with van der Waals surface area (Å²) in [6.07, 6.45) is 0.248. The Kier molecular flexibility index (Phi) is 3.92. The second kappa shape index (κ2) is 4.60. The highest BCUT2D eigenvalue weighted by atomic mass is 16.7. The lowest BCUT2D eigenvalue weighted by Gasteiger charge is -2.45. The highest BCUT2D eigenvalue weighted by Gasteiger charge is 2.46. The van der Waals surface area contributed by atoms with Crippen LogP contribution < -0.4 is 0 Å². The molecule has 0 amide bonds. The minimum atomic E-state index is -0.443. The summed E-state index contributed by atoms with van der Waals surface area (Å²) in [5, 5.41) is 0. The molecule has 1 aliphatic heterocycles. The third kappa shape index (κ3) is 3.21. The van der Waals surface area contributed by atoms with E-state index in [1.54, 1.807) is 0 Å². The Hall–Kier alpha value is -0.570. The summed E-state index contributed by atoms with van der Waals surface area (Å²) in [5.74, 6) is -0.257.